The first kappa shape index (κ1) is 22.6. The van der Waals surface area contributed by atoms with Crippen molar-refractivity contribution in [2.75, 3.05) is 12.4 Å². The van der Waals surface area contributed by atoms with Gasteiger partial charge in [0, 0.05) is 12.1 Å². The molecule has 29 heavy (non-hydrogen) atoms. The number of carbonyl (C=O) groups excluding carboxylic acids is 2. The summed E-state index contributed by atoms with van der Waals surface area (Å²) in [5.41, 5.74) is 3.50. The lowest BCUT2D eigenvalue weighted by molar-refractivity contribution is -0.153. The number of hydrogen-bond donors (Lipinski definition) is 2. The van der Waals surface area contributed by atoms with Crippen LogP contribution in [-0.2, 0) is 30.8 Å². The van der Waals surface area contributed by atoms with Crippen LogP contribution in [0.1, 0.15) is 30.0 Å². The van der Waals surface area contributed by atoms with Crippen LogP contribution >= 0.6 is 0 Å². The first-order chi connectivity index (χ1) is 13.6. The molecule has 2 aromatic rings. The minimum atomic E-state index is -3.49. The summed E-state index contributed by atoms with van der Waals surface area (Å²) in [5, 5.41) is 2.76. The Kier molecular flexibility index (Phi) is 7.53. The SMILES string of the molecule is CNS(=O)(=O)c1ccc(CCC(=O)OC(C)C(=O)Nc2ccc(C)cc2C)cc1. The summed E-state index contributed by atoms with van der Waals surface area (Å²) in [6, 6.07) is 11.9. The van der Waals surface area contributed by atoms with Gasteiger partial charge in [-0.3, -0.25) is 9.59 Å². The topological polar surface area (TPSA) is 102 Å². The number of nitrogens with one attached hydrogen (secondary N) is 2. The number of sulfonamides is 1. The van der Waals surface area contributed by atoms with Crippen molar-refractivity contribution in [3.63, 3.8) is 0 Å². The lowest BCUT2D eigenvalue weighted by Crippen LogP contribution is -2.30. The van der Waals surface area contributed by atoms with E-state index in [1.807, 2.05) is 32.0 Å². The van der Waals surface area contributed by atoms with E-state index in [0.717, 1.165) is 16.7 Å². The Labute approximate surface area is 171 Å². The third-order valence-electron chi connectivity index (χ3n) is 4.44. The fraction of sp³-hybridized carbons (Fsp3) is 0.333. The highest BCUT2D eigenvalue weighted by atomic mass is 32.2. The largest absolute Gasteiger partial charge is 0.453 e. The van der Waals surface area contributed by atoms with Gasteiger partial charge in [0.25, 0.3) is 5.91 Å². The highest BCUT2D eigenvalue weighted by Crippen LogP contribution is 2.17. The van der Waals surface area contributed by atoms with Crippen LogP contribution in [0, 0.1) is 13.8 Å². The Bertz CT molecular complexity index is 985. The standard InChI is InChI=1S/C21H26N2O5S/c1-14-5-11-19(15(2)13-14)23-21(25)16(3)28-20(24)12-8-17-6-9-18(10-7-17)29(26,27)22-4/h5-7,9-11,13,16,22H,8,12H2,1-4H3,(H,23,25). The van der Waals surface area contributed by atoms with Gasteiger partial charge >= 0.3 is 5.97 Å². The van der Waals surface area contributed by atoms with E-state index in [1.165, 1.54) is 26.1 Å². The number of carbonyl (C=O) groups is 2. The fourth-order valence-electron chi connectivity index (χ4n) is 2.70. The first-order valence-electron chi connectivity index (χ1n) is 9.22. The average Bonchev–Trinajstić information content (AvgIpc) is 2.68. The van der Waals surface area contributed by atoms with Gasteiger partial charge in [-0.25, -0.2) is 13.1 Å². The number of hydrogen-bond acceptors (Lipinski definition) is 5. The van der Waals surface area contributed by atoms with E-state index >= 15 is 0 Å². The predicted molar refractivity (Wildman–Crippen MR) is 111 cm³/mol. The van der Waals surface area contributed by atoms with E-state index in [9.17, 15) is 18.0 Å². The average molecular weight is 419 g/mol. The third-order valence-corrected chi connectivity index (χ3v) is 5.87. The molecule has 0 spiro atoms. The molecule has 1 unspecified atom stereocenters. The predicted octanol–water partition coefficient (Wildman–Crippen LogP) is 2.71. The number of aryl methyl sites for hydroxylation is 3. The molecule has 0 aliphatic rings. The monoisotopic (exact) mass is 418 g/mol. The Morgan fingerprint density at radius 1 is 1.07 bits per heavy atom. The maximum Gasteiger partial charge on any atom is 0.306 e. The van der Waals surface area contributed by atoms with Gasteiger partial charge in [0.1, 0.15) is 0 Å². The zero-order chi connectivity index (χ0) is 21.6. The van der Waals surface area contributed by atoms with Gasteiger partial charge in [0.15, 0.2) is 6.10 Å². The van der Waals surface area contributed by atoms with Crippen molar-refractivity contribution in [3.8, 4) is 0 Å². The number of anilines is 1. The molecule has 0 aliphatic heterocycles. The van der Waals surface area contributed by atoms with Crippen molar-refractivity contribution in [2.24, 2.45) is 0 Å². The number of esters is 1. The highest BCUT2D eigenvalue weighted by Gasteiger charge is 2.18. The number of benzene rings is 2. The second-order valence-electron chi connectivity index (χ2n) is 6.79. The summed E-state index contributed by atoms with van der Waals surface area (Å²) < 4.78 is 30.9. The van der Waals surface area contributed by atoms with Crippen LogP contribution in [0.25, 0.3) is 0 Å². The van der Waals surface area contributed by atoms with Crippen LogP contribution in [-0.4, -0.2) is 33.4 Å². The molecule has 0 aliphatic carbocycles. The summed E-state index contributed by atoms with van der Waals surface area (Å²) in [4.78, 5) is 24.5. The van der Waals surface area contributed by atoms with Crippen LogP contribution in [0.4, 0.5) is 5.69 Å². The Morgan fingerprint density at radius 3 is 2.31 bits per heavy atom. The quantitative estimate of drug-likeness (QED) is 0.642. The summed E-state index contributed by atoms with van der Waals surface area (Å²) >= 11 is 0. The van der Waals surface area contributed by atoms with E-state index in [4.69, 9.17) is 4.74 Å². The fourth-order valence-corrected chi connectivity index (χ4v) is 3.43. The summed E-state index contributed by atoms with van der Waals surface area (Å²) in [5.74, 6) is -0.896. The highest BCUT2D eigenvalue weighted by molar-refractivity contribution is 7.89. The van der Waals surface area contributed by atoms with E-state index in [-0.39, 0.29) is 11.3 Å². The molecule has 0 fully saturated rings. The number of ether oxygens (including phenoxy) is 1. The molecule has 156 valence electrons. The molecule has 0 heterocycles. The van der Waals surface area contributed by atoms with Crippen molar-refractivity contribution in [1.82, 2.24) is 4.72 Å². The smallest absolute Gasteiger partial charge is 0.306 e. The van der Waals surface area contributed by atoms with Gasteiger partial charge in [-0.15, -0.1) is 0 Å². The van der Waals surface area contributed by atoms with Crippen molar-refractivity contribution in [1.29, 1.82) is 0 Å². The van der Waals surface area contributed by atoms with Crippen LogP contribution in [0.3, 0.4) is 0 Å². The molecular formula is C21H26N2O5S. The molecule has 8 heteroatoms. The molecule has 0 radical (unpaired) electrons. The minimum Gasteiger partial charge on any atom is -0.453 e. The maximum absolute atomic E-state index is 12.3. The molecule has 0 bridgehead atoms. The summed E-state index contributed by atoms with van der Waals surface area (Å²) in [7, 11) is -2.15. The second-order valence-corrected chi connectivity index (χ2v) is 8.68. The maximum atomic E-state index is 12.3. The molecular weight excluding hydrogens is 392 g/mol. The number of amides is 1. The molecule has 7 nitrogen and oxygen atoms in total. The Balaban J connectivity index is 1.86. The van der Waals surface area contributed by atoms with Crippen molar-refractivity contribution >= 4 is 27.6 Å². The van der Waals surface area contributed by atoms with Crippen LogP contribution in [0.2, 0.25) is 0 Å². The Hall–Kier alpha value is -2.71. The first-order valence-corrected chi connectivity index (χ1v) is 10.7. The van der Waals surface area contributed by atoms with Crippen LogP contribution < -0.4 is 10.0 Å². The van der Waals surface area contributed by atoms with Crippen molar-refractivity contribution in [3.05, 3.63) is 59.2 Å². The molecule has 1 amide bonds. The van der Waals surface area contributed by atoms with E-state index in [1.54, 1.807) is 12.1 Å². The van der Waals surface area contributed by atoms with Crippen molar-refractivity contribution in [2.45, 2.75) is 44.6 Å². The van der Waals surface area contributed by atoms with Crippen LogP contribution in [0.15, 0.2) is 47.4 Å². The van der Waals surface area contributed by atoms with Gasteiger partial charge in [0.2, 0.25) is 10.0 Å². The molecule has 2 rings (SSSR count). The summed E-state index contributed by atoms with van der Waals surface area (Å²) in [6.45, 7) is 5.39. The van der Waals surface area contributed by atoms with E-state index in [0.29, 0.717) is 12.1 Å². The van der Waals surface area contributed by atoms with Crippen molar-refractivity contribution < 1.29 is 22.7 Å². The molecule has 1 atom stereocenters. The van der Waals surface area contributed by atoms with Gasteiger partial charge in [0.05, 0.1) is 4.90 Å². The van der Waals surface area contributed by atoms with Gasteiger partial charge in [-0.2, -0.15) is 0 Å². The molecule has 0 saturated heterocycles. The van der Waals surface area contributed by atoms with Crippen LogP contribution in [0.5, 0.6) is 0 Å². The zero-order valence-electron chi connectivity index (χ0n) is 17.0. The zero-order valence-corrected chi connectivity index (χ0v) is 17.8. The lowest BCUT2D eigenvalue weighted by atomic mass is 10.1. The summed E-state index contributed by atoms with van der Waals surface area (Å²) in [6.07, 6.45) is -0.463. The normalized spacial score (nSPS) is 12.3. The third kappa shape index (κ3) is 6.40. The number of rotatable bonds is 8. The van der Waals surface area contributed by atoms with E-state index in [2.05, 4.69) is 10.0 Å². The second kappa shape index (κ2) is 9.67. The lowest BCUT2D eigenvalue weighted by Gasteiger charge is -2.15. The van der Waals surface area contributed by atoms with Gasteiger partial charge in [-0.05, 0) is 63.6 Å². The Morgan fingerprint density at radius 2 is 1.72 bits per heavy atom. The molecule has 2 aromatic carbocycles. The van der Waals surface area contributed by atoms with Gasteiger partial charge in [-0.1, -0.05) is 29.8 Å². The van der Waals surface area contributed by atoms with Gasteiger partial charge < -0.3 is 10.1 Å². The van der Waals surface area contributed by atoms with E-state index < -0.39 is 28.0 Å². The molecule has 2 N–H and O–H groups in total. The molecule has 0 saturated carbocycles. The molecule has 0 aromatic heterocycles. The minimum absolute atomic E-state index is 0.0826.